The van der Waals surface area contributed by atoms with Gasteiger partial charge in [0.15, 0.2) is 0 Å². The van der Waals surface area contributed by atoms with Crippen LogP contribution in [0, 0.1) is 20.8 Å². The summed E-state index contributed by atoms with van der Waals surface area (Å²) in [5.74, 6) is 2.33. The lowest BCUT2D eigenvalue weighted by atomic mass is 10.1. The zero-order valence-corrected chi connectivity index (χ0v) is 15.2. The van der Waals surface area contributed by atoms with Crippen LogP contribution >= 0.6 is 23.5 Å². The highest BCUT2D eigenvalue weighted by molar-refractivity contribution is 8.19. The summed E-state index contributed by atoms with van der Waals surface area (Å²) in [7, 11) is 0. The molecule has 3 rings (SSSR count). The summed E-state index contributed by atoms with van der Waals surface area (Å²) in [4.78, 5) is 16.9. The van der Waals surface area contributed by atoms with Gasteiger partial charge in [-0.25, -0.2) is 0 Å². The maximum absolute atomic E-state index is 12.5. The highest BCUT2D eigenvalue weighted by atomic mass is 32.2. The van der Waals surface area contributed by atoms with E-state index in [-0.39, 0.29) is 5.91 Å². The highest BCUT2D eigenvalue weighted by Crippen LogP contribution is 2.45. The summed E-state index contributed by atoms with van der Waals surface area (Å²) < 4.78 is 0.512. The average molecular weight is 345 g/mol. The van der Waals surface area contributed by atoms with Crippen LogP contribution in [0.4, 0.5) is 5.69 Å². The van der Waals surface area contributed by atoms with Crippen LogP contribution < -0.4 is 5.32 Å². The lowest BCUT2D eigenvalue weighted by Crippen LogP contribution is -2.14. The number of thioether (sulfide) groups is 2. The van der Waals surface area contributed by atoms with Crippen molar-refractivity contribution in [2.45, 2.75) is 25.4 Å². The van der Waals surface area contributed by atoms with Crippen LogP contribution in [-0.4, -0.2) is 22.4 Å². The molecule has 1 amide bonds. The molecule has 5 heteroatoms. The Morgan fingerprint density at radius 3 is 2.39 bits per heavy atom. The molecule has 0 radical (unpaired) electrons. The molecular formula is C18H20N2OS2. The molecule has 1 aromatic heterocycles. The fourth-order valence-electron chi connectivity index (χ4n) is 2.74. The second-order valence-electron chi connectivity index (χ2n) is 5.69. The number of amides is 1. The van der Waals surface area contributed by atoms with Crippen LogP contribution in [-0.2, 0) is 0 Å². The van der Waals surface area contributed by atoms with Crippen LogP contribution in [0.15, 0.2) is 30.3 Å². The van der Waals surface area contributed by atoms with Crippen molar-refractivity contribution in [1.82, 2.24) is 4.98 Å². The van der Waals surface area contributed by atoms with E-state index < -0.39 is 0 Å². The van der Waals surface area contributed by atoms with Gasteiger partial charge in [0, 0.05) is 22.8 Å². The molecule has 23 heavy (non-hydrogen) atoms. The van der Waals surface area contributed by atoms with Gasteiger partial charge < -0.3 is 5.32 Å². The molecule has 2 aromatic rings. The third-order valence-corrected chi connectivity index (χ3v) is 6.94. The maximum Gasteiger partial charge on any atom is 0.255 e. The first kappa shape index (κ1) is 16.4. The summed E-state index contributed by atoms with van der Waals surface area (Å²) in [6.07, 6.45) is 0. The van der Waals surface area contributed by atoms with Gasteiger partial charge in [-0.15, -0.1) is 23.5 Å². The predicted molar refractivity (Wildman–Crippen MR) is 101 cm³/mol. The highest BCUT2D eigenvalue weighted by Gasteiger charge is 2.18. The molecule has 1 fully saturated rings. The average Bonchev–Trinajstić information content (AvgIpc) is 3.05. The Balaban J connectivity index is 1.76. The molecular weight excluding hydrogens is 324 g/mol. The Labute approximate surface area is 145 Å². The molecule has 0 saturated carbocycles. The van der Waals surface area contributed by atoms with Crippen molar-refractivity contribution >= 4 is 35.1 Å². The van der Waals surface area contributed by atoms with Crippen LogP contribution in [0.5, 0.6) is 0 Å². The number of carbonyl (C=O) groups excluding carboxylic acids is 1. The predicted octanol–water partition coefficient (Wildman–Crippen LogP) is 4.74. The molecule has 0 atom stereocenters. The monoisotopic (exact) mass is 344 g/mol. The number of rotatable bonds is 3. The summed E-state index contributed by atoms with van der Waals surface area (Å²) in [6.45, 7) is 5.88. The third-order valence-electron chi connectivity index (χ3n) is 3.83. The van der Waals surface area contributed by atoms with Gasteiger partial charge in [-0.05, 0) is 50.1 Å². The lowest BCUT2D eigenvalue weighted by Gasteiger charge is -2.13. The van der Waals surface area contributed by atoms with Gasteiger partial charge in [-0.3, -0.25) is 9.78 Å². The van der Waals surface area contributed by atoms with Crippen molar-refractivity contribution in [3.63, 3.8) is 0 Å². The summed E-state index contributed by atoms with van der Waals surface area (Å²) >= 11 is 3.94. The summed E-state index contributed by atoms with van der Waals surface area (Å²) in [6, 6.07) is 9.95. The number of aromatic nitrogens is 1. The molecule has 1 saturated heterocycles. The molecule has 1 aromatic carbocycles. The zero-order valence-electron chi connectivity index (χ0n) is 13.6. The number of anilines is 1. The first-order valence-corrected chi connectivity index (χ1v) is 9.73. The van der Waals surface area contributed by atoms with Crippen molar-refractivity contribution in [3.05, 3.63) is 58.4 Å². The second-order valence-corrected chi connectivity index (χ2v) is 8.41. The molecule has 2 heterocycles. The molecule has 3 nitrogen and oxygen atoms in total. The van der Waals surface area contributed by atoms with Gasteiger partial charge in [-0.1, -0.05) is 12.1 Å². The number of benzene rings is 1. The van der Waals surface area contributed by atoms with Crippen molar-refractivity contribution in [1.29, 1.82) is 0 Å². The van der Waals surface area contributed by atoms with Crippen molar-refractivity contribution in [2.75, 3.05) is 16.8 Å². The van der Waals surface area contributed by atoms with E-state index in [0.29, 0.717) is 10.1 Å². The minimum Gasteiger partial charge on any atom is -0.320 e. The van der Waals surface area contributed by atoms with Crippen LogP contribution in [0.25, 0.3) is 0 Å². The van der Waals surface area contributed by atoms with Gasteiger partial charge in [0.05, 0.1) is 16.0 Å². The van der Waals surface area contributed by atoms with E-state index >= 15 is 0 Å². The lowest BCUT2D eigenvalue weighted by molar-refractivity contribution is 0.102. The minimum absolute atomic E-state index is 0.0832. The smallest absolute Gasteiger partial charge is 0.255 e. The van der Waals surface area contributed by atoms with Crippen LogP contribution in [0.2, 0.25) is 0 Å². The molecule has 1 aliphatic rings. The number of nitrogens with one attached hydrogen (secondary N) is 1. The fraction of sp³-hybridized carbons (Fsp3) is 0.333. The van der Waals surface area contributed by atoms with Crippen molar-refractivity contribution < 1.29 is 4.79 Å². The molecule has 0 spiro atoms. The molecule has 1 aliphatic heterocycles. The quantitative estimate of drug-likeness (QED) is 0.873. The van der Waals surface area contributed by atoms with E-state index in [1.54, 1.807) is 0 Å². The molecule has 1 N–H and O–H groups in total. The van der Waals surface area contributed by atoms with E-state index in [1.807, 2.05) is 62.5 Å². The molecule has 0 unspecified atom stereocenters. The topological polar surface area (TPSA) is 42.0 Å². The largest absolute Gasteiger partial charge is 0.320 e. The van der Waals surface area contributed by atoms with E-state index in [9.17, 15) is 4.79 Å². The second kappa shape index (κ2) is 6.97. The van der Waals surface area contributed by atoms with Crippen molar-refractivity contribution in [2.24, 2.45) is 0 Å². The molecule has 120 valence electrons. The summed E-state index contributed by atoms with van der Waals surface area (Å²) in [5, 5.41) is 3.00. The number of aryl methyl sites for hydroxylation is 3. The third kappa shape index (κ3) is 3.72. The van der Waals surface area contributed by atoms with E-state index in [0.717, 1.165) is 22.6 Å². The van der Waals surface area contributed by atoms with Gasteiger partial charge >= 0.3 is 0 Å². The van der Waals surface area contributed by atoms with E-state index in [1.165, 1.54) is 17.1 Å². The van der Waals surface area contributed by atoms with Gasteiger partial charge in [0.25, 0.3) is 5.91 Å². The van der Waals surface area contributed by atoms with Crippen LogP contribution in [0.1, 0.15) is 37.5 Å². The molecule has 0 bridgehead atoms. The Kier molecular flexibility index (Phi) is 4.97. The first-order chi connectivity index (χ1) is 11.0. The normalized spacial score (nSPS) is 14.9. The number of hydrogen-bond acceptors (Lipinski definition) is 4. The van der Waals surface area contributed by atoms with Gasteiger partial charge in [0.2, 0.25) is 0 Å². The summed E-state index contributed by atoms with van der Waals surface area (Å²) in [5.41, 5.74) is 5.64. The zero-order chi connectivity index (χ0) is 16.4. The Bertz CT molecular complexity index is 699. The van der Waals surface area contributed by atoms with Crippen LogP contribution in [0.3, 0.4) is 0 Å². The minimum atomic E-state index is -0.0832. The van der Waals surface area contributed by atoms with Gasteiger partial charge in [0.1, 0.15) is 0 Å². The number of nitrogens with zero attached hydrogens (tertiary/aromatic N) is 1. The van der Waals surface area contributed by atoms with Gasteiger partial charge in [-0.2, -0.15) is 0 Å². The SMILES string of the molecule is Cc1cc(C)c(NC(=O)c2ccc(C3SCCS3)cc2)c(C)n1. The number of hydrogen-bond donors (Lipinski definition) is 1. The van der Waals surface area contributed by atoms with Crippen molar-refractivity contribution in [3.8, 4) is 0 Å². The van der Waals surface area contributed by atoms with E-state index in [4.69, 9.17) is 0 Å². The Morgan fingerprint density at radius 2 is 1.78 bits per heavy atom. The Morgan fingerprint density at radius 1 is 1.13 bits per heavy atom. The molecule has 0 aliphatic carbocycles. The maximum atomic E-state index is 12.5. The number of pyridine rings is 1. The fourth-order valence-corrected chi connectivity index (χ4v) is 5.60. The first-order valence-electron chi connectivity index (χ1n) is 7.64. The Hall–Kier alpha value is -1.46. The standard InChI is InChI=1S/C18H20N2OS2/c1-11-10-12(2)19-13(3)16(11)20-17(21)14-4-6-15(7-5-14)18-22-8-9-23-18/h4-7,10,18H,8-9H2,1-3H3,(H,20,21). The van der Waals surface area contributed by atoms with E-state index in [2.05, 4.69) is 22.4 Å². The number of carbonyl (C=O) groups is 1.